The minimum atomic E-state index is -3.58. The summed E-state index contributed by atoms with van der Waals surface area (Å²) in [5.41, 5.74) is 2.44. The zero-order valence-corrected chi connectivity index (χ0v) is 24.1. The first-order valence-electron chi connectivity index (χ1n) is 12.4. The Hall–Kier alpha value is -3.51. The van der Waals surface area contributed by atoms with Gasteiger partial charge in [0.15, 0.2) is 6.61 Å². The standard InChI is InChI=1S/C28H34N2O8S.ClH/c1-4-36-27(32)18-38-24-12-7-21(8-13-24)20-5-10-23(11-6-20)37-16-15-29-19(2)28(33)22-9-14-26(31)25(17-22)30-39(3,34)35;/h5-14,17,19,28-31,33H,4,15-16,18H2,1-3H3;1H/t19-,28-;/m0./s1. The maximum atomic E-state index is 11.5. The molecule has 0 aromatic heterocycles. The van der Waals surface area contributed by atoms with Gasteiger partial charge in [-0.1, -0.05) is 30.3 Å². The fourth-order valence-corrected chi connectivity index (χ4v) is 4.27. The lowest BCUT2D eigenvalue weighted by Gasteiger charge is -2.21. The number of halogens is 1. The molecular weight excluding hydrogens is 560 g/mol. The highest BCUT2D eigenvalue weighted by Crippen LogP contribution is 2.29. The van der Waals surface area contributed by atoms with Crippen LogP contribution in [-0.4, -0.2) is 63.3 Å². The van der Waals surface area contributed by atoms with Crippen LogP contribution in [0, 0.1) is 0 Å². The summed E-state index contributed by atoms with van der Waals surface area (Å²) in [5.74, 6) is 0.634. The van der Waals surface area contributed by atoms with Crippen molar-refractivity contribution in [3.05, 3.63) is 72.3 Å². The fourth-order valence-electron chi connectivity index (χ4n) is 3.71. The first-order chi connectivity index (χ1) is 18.6. The Kier molecular flexibility index (Phi) is 12.5. The van der Waals surface area contributed by atoms with Crippen molar-refractivity contribution in [3.63, 3.8) is 0 Å². The Balaban J connectivity index is 0.00000560. The fraction of sp³-hybridized carbons (Fsp3) is 0.321. The summed E-state index contributed by atoms with van der Waals surface area (Å²) in [5, 5.41) is 23.7. The molecule has 0 aliphatic rings. The number of benzene rings is 3. The van der Waals surface area contributed by atoms with Crippen LogP contribution in [0.3, 0.4) is 0 Å². The number of ether oxygens (including phenoxy) is 3. The average Bonchev–Trinajstić information content (AvgIpc) is 2.91. The Labute approximate surface area is 240 Å². The molecule has 3 aromatic carbocycles. The Morgan fingerprint density at radius 3 is 2.08 bits per heavy atom. The number of aromatic hydroxyl groups is 1. The van der Waals surface area contributed by atoms with Crippen molar-refractivity contribution in [3.8, 4) is 28.4 Å². The zero-order valence-electron chi connectivity index (χ0n) is 22.5. The van der Waals surface area contributed by atoms with Gasteiger partial charge in [0.2, 0.25) is 10.0 Å². The summed E-state index contributed by atoms with van der Waals surface area (Å²) in [6.07, 6.45) is 0.0456. The number of nitrogens with one attached hydrogen (secondary N) is 2. The number of carbonyl (C=O) groups excluding carboxylic acids is 1. The van der Waals surface area contributed by atoms with Crippen LogP contribution in [0.2, 0.25) is 0 Å². The van der Waals surface area contributed by atoms with E-state index in [0.29, 0.717) is 36.8 Å². The maximum Gasteiger partial charge on any atom is 0.344 e. The number of aliphatic hydroxyl groups excluding tert-OH is 1. The molecule has 40 heavy (non-hydrogen) atoms. The monoisotopic (exact) mass is 594 g/mol. The molecule has 3 aromatic rings. The SMILES string of the molecule is CCOC(=O)COc1ccc(-c2ccc(OCCN[C@@H](C)[C@H](O)c3ccc(O)c(NS(C)(=O)=O)c3)cc2)cc1.Cl. The van der Waals surface area contributed by atoms with Gasteiger partial charge in [0.25, 0.3) is 0 Å². The Bertz CT molecular complexity index is 1340. The van der Waals surface area contributed by atoms with Crippen LogP contribution in [0.5, 0.6) is 17.2 Å². The van der Waals surface area contributed by atoms with Gasteiger partial charge < -0.3 is 29.7 Å². The number of esters is 1. The van der Waals surface area contributed by atoms with Crippen LogP contribution in [0.25, 0.3) is 11.1 Å². The van der Waals surface area contributed by atoms with E-state index in [1.807, 2.05) is 36.4 Å². The molecule has 0 spiro atoms. The van der Waals surface area contributed by atoms with Gasteiger partial charge in [0.05, 0.1) is 24.7 Å². The smallest absolute Gasteiger partial charge is 0.344 e. The molecule has 0 aliphatic heterocycles. The lowest BCUT2D eigenvalue weighted by Crippen LogP contribution is -2.35. The summed E-state index contributed by atoms with van der Waals surface area (Å²) >= 11 is 0. The molecule has 0 heterocycles. The zero-order chi connectivity index (χ0) is 28.4. The van der Waals surface area contributed by atoms with Crippen molar-refractivity contribution in [1.82, 2.24) is 5.32 Å². The van der Waals surface area contributed by atoms with Crippen molar-refractivity contribution in [2.75, 3.05) is 37.3 Å². The largest absolute Gasteiger partial charge is 0.506 e. The summed E-state index contributed by atoms with van der Waals surface area (Å²) < 4.78 is 41.3. The van der Waals surface area contributed by atoms with E-state index in [0.717, 1.165) is 17.4 Å². The summed E-state index contributed by atoms with van der Waals surface area (Å²) in [6.45, 7) is 4.54. The second-order valence-corrected chi connectivity index (χ2v) is 10.6. The molecular formula is C28H35ClN2O8S. The molecule has 0 saturated heterocycles. The molecule has 0 radical (unpaired) electrons. The highest BCUT2D eigenvalue weighted by molar-refractivity contribution is 7.92. The van der Waals surface area contributed by atoms with E-state index < -0.39 is 22.1 Å². The van der Waals surface area contributed by atoms with E-state index in [-0.39, 0.29) is 36.5 Å². The normalized spacial score (nSPS) is 12.5. The molecule has 12 heteroatoms. The molecule has 0 amide bonds. The number of phenols is 1. The van der Waals surface area contributed by atoms with Gasteiger partial charge in [-0.05, 0) is 66.9 Å². The number of anilines is 1. The van der Waals surface area contributed by atoms with E-state index in [1.165, 1.54) is 18.2 Å². The van der Waals surface area contributed by atoms with Gasteiger partial charge in [-0.15, -0.1) is 12.4 Å². The quantitative estimate of drug-likeness (QED) is 0.124. The van der Waals surface area contributed by atoms with E-state index in [2.05, 4.69) is 10.0 Å². The first-order valence-corrected chi connectivity index (χ1v) is 14.3. The van der Waals surface area contributed by atoms with E-state index >= 15 is 0 Å². The second-order valence-electron chi connectivity index (χ2n) is 8.83. The number of phenolic OH excluding ortho intramolecular Hbond substituents is 1. The number of rotatable bonds is 14. The van der Waals surface area contributed by atoms with Crippen molar-refractivity contribution in [2.45, 2.75) is 26.0 Å². The highest BCUT2D eigenvalue weighted by atomic mass is 35.5. The maximum absolute atomic E-state index is 11.5. The van der Waals surface area contributed by atoms with Crippen molar-refractivity contribution < 1.29 is 37.6 Å². The predicted octanol–water partition coefficient (Wildman–Crippen LogP) is 3.88. The van der Waals surface area contributed by atoms with Gasteiger partial charge in [-0.25, -0.2) is 13.2 Å². The second kappa shape index (κ2) is 15.3. The van der Waals surface area contributed by atoms with Crippen LogP contribution in [0.4, 0.5) is 5.69 Å². The van der Waals surface area contributed by atoms with Crippen LogP contribution in [0.1, 0.15) is 25.5 Å². The lowest BCUT2D eigenvalue weighted by atomic mass is 10.0. The lowest BCUT2D eigenvalue weighted by molar-refractivity contribution is -0.145. The molecule has 4 N–H and O–H groups in total. The molecule has 218 valence electrons. The molecule has 2 atom stereocenters. The minimum absolute atomic E-state index is 0. The summed E-state index contributed by atoms with van der Waals surface area (Å²) in [6, 6.07) is 18.9. The Morgan fingerprint density at radius 2 is 1.52 bits per heavy atom. The minimum Gasteiger partial charge on any atom is -0.506 e. The molecule has 0 unspecified atom stereocenters. The van der Waals surface area contributed by atoms with Crippen LogP contribution < -0.4 is 19.5 Å². The van der Waals surface area contributed by atoms with Crippen molar-refractivity contribution in [1.29, 1.82) is 0 Å². The predicted molar refractivity (Wildman–Crippen MR) is 156 cm³/mol. The van der Waals surface area contributed by atoms with Crippen LogP contribution in [-0.2, 0) is 19.6 Å². The van der Waals surface area contributed by atoms with E-state index in [1.54, 1.807) is 26.0 Å². The molecule has 0 aliphatic carbocycles. The number of hydrogen-bond acceptors (Lipinski definition) is 9. The third kappa shape index (κ3) is 10.2. The highest BCUT2D eigenvalue weighted by Gasteiger charge is 2.18. The molecule has 0 saturated carbocycles. The van der Waals surface area contributed by atoms with Gasteiger partial charge in [0.1, 0.15) is 23.9 Å². The van der Waals surface area contributed by atoms with E-state index in [9.17, 15) is 23.4 Å². The third-order valence-electron chi connectivity index (χ3n) is 5.67. The van der Waals surface area contributed by atoms with Gasteiger partial charge >= 0.3 is 5.97 Å². The molecule has 0 bridgehead atoms. The third-order valence-corrected chi connectivity index (χ3v) is 6.26. The van der Waals surface area contributed by atoms with Gasteiger partial charge in [0, 0.05) is 12.6 Å². The summed E-state index contributed by atoms with van der Waals surface area (Å²) in [4.78, 5) is 11.4. The number of carbonyl (C=O) groups is 1. The van der Waals surface area contributed by atoms with Crippen LogP contribution >= 0.6 is 12.4 Å². The topological polar surface area (TPSA) is 143 Å². The Morgan fingerprint density at radius 1 is 0.950 bits per heavy atom. The van der Waals surface area contributed by atoms with Gasteiger partial charge in [-0.3, -0.25) is 4.72 Å². The first kappa shape index (κ1) is 32.7. The van der Waals surface area contributed by atoms with E-state index in [4.69, 9.17) is 14.2 Å². The molecule has 0 fully saturated rings. The molecule has 3 rings (SSSR count). The van der Waals surface area contributed by atoms with Crippen LogP contribution in [0.15, 0.2) is 66.7 Å². The van der Waals surface area contributed by atoms with Crippen molar-refractivity contribution >= 4 is 34.1 Å². The van der Waals surface area contributed by atoms with Gasteiger partial charge in [-0.2, -0.15) is 0 Å². The average molecular weight is 595 g/mol. The number of aliphatic hydroxyl groups is 1. The summed E-state index contributed by atoms with van der Waals surface area (Å²) in [7, 11) is -3.58. The number of sulfonamides is 1. The number of hydrogen-bond donors (Lipinski definition) is 4. The van der Waals surface area contributed by atoms with Crippen molar-refractivity contribution in [2.24, 2.45) is 0 Å². The molecule has 10 nitrogen and oxygen atoms in total.